The molecule has 108 valence electrons. The van der Waals surface area contributed by atoms with Crippen molar-refractivity contribution in [3.05, 3.63) is 0 Å². The van der Waals surface area contributed by atoms with E-state index in [0.717, 1.165) is 18.8 Å². The van der Waals surface area contributed by atoms with E-state index in [1.807, 2.05) is 0 Å². The van der Waals surface area contributed by atoms with Crippen molar-refractivity contribution < 1.29 is 9.90 Å². The van der Waals surface area contributed by atoms with Crippen LogP contribution in [0.2, 0.25) is 0 Å². The Balaban J connectivity index is 3.15. The minimum absolute atomic E-state index is 0.341. The van der Waals surface area contributed by atoms with Gasteiger partial charge in [0.1, 0.15) is 0 Å². The number of carboxylic acids is 1. The first-order valence-corrected chi connectivity index (χ1v) is 7.88. The van der Waals surface area contributed by atoms with Gasteiger partial charge in [0.25, 0.3) is 0 Å². The summed E-state index contributed by atoms with van der Waals surface area (Å²) < 4.78 is 0. The van der Waals surface area contributed by atoms with Crippen molar-refractivity contribution in [2.45, 2.75) is 90.9 Å². The summed E-state index contributed by atoms with van der Waals surface area (Å²) in [7, 11) is 0. The van der Waals surface area contributed by atoms with Crippen LogP contribution >= 0.6 is 0 Å². The van der Waals surface area contributed by atoms with Crippen molar-refractivity contribution in [1.29, 1.82) is 0 Å². The SMILES string of the molecule is CCCCCCC(C)CCCCCCCC(=O)O. The van der Waals surface area contributed by atoms with E-state index in [0.29, 0.717) is 6.42 Å². The van der Waals surface area contributed by atoms with Crippen LogP contribution in [0.5, 0.6) is 0 Å². The molecule has 0 saturated heterocycles. The Morgan fingerprint density at radius 2 is 1.39 bits per heavy atom. The molecule has 0 aromatic rings. The molecule has 0 aliphatic rings. The summed E-state index contributed by atoms with van der Waals surface area (Å²) in [5.74, 6) is 0.219. The quantitative estimate of drug-likeness (QED) is 0.447. The molecular weight excluding hydrogens is 224 g/mol. The van der Waals surface area contributed by atoms with Crippen LogP contribution in [-0.4, -0.2) is 11.1 Å². The number of rotatable bonds is 13. The van der Waals surface area contributed by atoms with Crippen LogP contribution in [0, 0.1) is 5.92 Å². The Morgan fingerprint density at radius 3 is 1.94 bits per heavy atom. The third kappa shape index (κ3) is 13.5. The summed E-state index contributed by atoms with van der Waals surface area (Å²) in [6, 6.07) is 0. The van der Waals surface area contributed by atoms with Crippen molar-refractivity contribution in [2.24, 2.45) is 5.92 Å². The lowest BCUT2D eigenvalue weighted by Gasteiger charge is -2.10. The van der Waals surface area contributed by atoms with Crippen molar-refractivity contribution in [2.75, 3.05) is 0 Å². The number of hydrogen-bond donors (Lipinski definition) is 1. The maximum Gasteiger partial charge on any atom is 0.303 e. The van der Waals surface area contributed by atoms with Gasteiger partial charge in [-0.1, -0.05) is 78.1 Å². The van der Waals surface area contributed by atoms with E-state index < -0.39 is 5.97 Å². The van der Waals surface area contributed by atoms with Gasteiger partial charge in [0.2, 0.25) is 0 Å². The highest BCUT2D eigenvalue weighted by molar-refractivity contribution is 5.66. The fourth-order valence-corrected chi connectivity index (χ4v) is 2.36. The van der Waals surface area contributed by atoms with E-state index in [-0.39, 0.29) is 0 Å². The molecule has 18 heavy (non-hydrogen) atoms. The van der Waals surface area contributed by atoms with Crippen LogP contribution in [0.1, 0.15) is 90.9 Å². The number of aliphatic carboxylic acids is 1. The molecule has 0 bridgehead atoms. The molecule has 1 unspecified atom stereocenters. The van der Waals surface area contributed by atoms with E-state index in [1.165, 1.54) is 57.8 Å². The maximum absolute atomic E-state index is 10.3. The van der Waals surface area contributed by atoms with Gasteiger partial charge in [-0.15, -0.1) is 0 Å². The molecule has 2 nitrogen and oxygen atoms in total. The van der Waals surface area contributed by atoms with Crippen LogP contribution in [-0.2, 0) is 4.79 Å². The number of unbranched alkanes of at least 4 members (excludes halogenated alkanes) is 7. The Kier molecular flexibility index (Phi) is 12.5. The predicted octanol–water partition coefficient (Wildman–Crippen LogP) is 5.41. The first-order chi connectivity index (χ1) is 8.66. The highest BCUT2D eigenvalue weighted by Crippen LogP contribution is 2.17. The van der Waals surface area contributed by atoms with E-state index in [9.17, 15) is 4.79 Å². The van der Waals surface area contributed by atoms with Gasteiger partial charge < -0.3 is 5.11 Å². The Hall–Kier alpha value is -0.530. The second-order valence-electron chi connectivity index (χ2n) is 5.65. The summed E-state index contributed by atoms with van der Waals surface area (Å²) in [6.07, 6.45) is 14.3. The second kappa shape index (κ2) is 12.9. The largest absolute Gasteiger partial charge is 0.481 e. The van der Waals surface area contributed by atoms with Crippen LogP contribution < -0.4 is 0 Å². The molecule has 2 heteroatoms. The molecule has 0 aliphatic heterocycles. The molecule has 0 saturated carbocycles. The molecule has 1 N–H and O–H groups in total. The van der Waals surface area contributed by atoms with Crippen LogP contribution in [0.3, 0.4) is 0 Å². The Labute approximate surface area is 113 Å². The molecule has 0 radical (unpaired) electrons. The first kappa shape index (κ1) is 17.5. The average molecular weight is 256 g/mol. The number of carbonyl (C=O) groups is 1. The fourth-order valence-electron chi connectivity index (χ4n) is 2.36. The lowest BCUT2D eigenvalue weighted by Crippen LogP contribution is -1.96. The van der Waals surface area contributed by atoms with E-state index >= 15 is 0 Å². The monoisotopic (exact) mass is 256 g/mol. The molecule has 0 aromatic heterocycles. The third-order valence-electron chi connectivity index (χ3n) is 3.64. The lowest BCUT2D eigenvalue weighted by molar-refractivity contribution is -0.137. The summed E-state index contributed by atoms with van der Waals surface area (Å²) in [5, 5.41) is 8.51. The van der Waals surface area contributed by atoms with Gasteiger partial charge in [0, 0.05) is 6.42 Å². The van der Waals surface area contributed by atoms with Crippen LogP contribution in [0.4, 0.5) is 0 Å². The highest BCUT2D eigenvalue weighted by atomic mass is 16.4. The molecule has 1 atom stereocenters. The van der Waals surface area contributed by atoms with Crippen LogP contribution in [0.15, 0.2) is 0 Å². The van der Waals surface area contributed by atoms with E-state index in [2.05, 4.69) is 13.8 Å². The van der Waals surface area contributed by atoms with Crippen molar-refractivity contribution in [3.63, 3.8) is 0 Å². The number of hydrogen-bond acceptors (Lipinski definition) is 1. The third-order valence-corrected chi connectivity index (χ3v) is 3.64. The second-order valence-corrected chi connectivity index (χ2v) is 5.65. The Morgan fingerprint density at radius 1 is 0.889 bits per heavy atom. The molecule has 0 aliphatic carbocycles. The zero-order valence-electron chi connectivity index (χ0n) is 12.4. The zero-order chi connectivity index (χ0) is 13.6. The molecule has 0 heterocycles. The normalized spacial score (nSPS) is 12.6. The molecule has 0 fully saturated rings. The minimum Gasteiger partial charge on any atom is -0.481 e. The molecule has 0 rings (SSSR count). The van der Waals surface area contributed by atoms with Crippen molar-refractivity contribution in [1.82, 2.24) is 0 Å². The maximum atomic E-state index is 10.3. The molecular formula is C16H32O2. The predicted molar refractivity (Wildman–Crippen MR) is 77.9 cm³/mol. The highest BCUT2D eigenvalue weighted by Gasteiger charge is 2.02. The first-order valence-electron chi connectivity index (χ1n) is 7.88. The summed E-state index contributed by atoms with van der Waals surface area (Å²) >= 11 is 0. The Bertz CT molecular complexity index is 190. The van der Waals surface area contributed by atoms with Gasteiger partial charge >= 0.3 is 5.97 Å². The molecule has 0 spiro atoms. The van der Waals surface area contributed by atoms with Gasteiger partial charge in [-0.05, 0) is 12.3 Å². The minimum atomic E-state index is -0.657. The van der Waals surface area contributed by atoms with Gasteiger partial charge in [-0.25, -0.2) is 0 Å². The van der Waals surface area contributed by atoms with Gasteiger partial charge in [-0.2, -0.15) is 0 Å². The topological polar surface area (TPSA) is 37.3 Å². The molecule has 0 amide bonds. The van der Waals surface area contributed by atoms with Gasteiger partial charge in [0.05, 0.1) is 0 Å². The number of carboxylic acid groups (broad SMARTS) is 1. The van der Waals surface area contributed by atoms with Crippen molar-refractivity contribution >= 4 is 5.97 Å². The zero-order valence-corrected chi connectivity index (χ0v) is 12.4. The average Bonchev–Trinajstić information content (AvgIpc) is 2.33. The molecule has 0 aromatic carbocycles. The van der Waals surface area contributed by atoms with Gasteiger partial charge in [-0.3, -0.25) is 4.79 Å². The van der Waals surface area contributed by atoms with E-state index in [1.54, 1.807) is 0 Å². The summed E-state index contributed by atoms with van der Waals surface area (Å²) in [5.41, 5.74) is 0. The van der Waals surface area contributed by atoms with Crippen LogP contribution in [0.25, 0.3) is 0 Å². The summed E-state index contributed by atoms with van der Waals surface area (Å²) in [6.45, 7) is 4.63. The fraction of sp³-hybridized carbons (Fsp3) is 0.938. The summed E-state index contributed by atoms with van der Waals surface area (Å²) in [4.78, 5) is 10.3. The lowest BCUT2D eigenvalue weighted by atomic mass is 9.96. The van der Waals surface area contributed by atoms with Crippen molar-refractivity contribution in [3.8, 4) is 0 Å². The standard InChI is InChI=1S/C16H32O2/c1-3-4-5-9-12-15(2)13-10-7-6-8-11-14-16(17)18/h15H,3-14H2,1-2H3,(H,17,18). The van der Waals surface area contributed by atoms with Gasteiger partial charge in [0.15, 0.2) is 0 Å². The smallest absolute Gasteiger partial charge is 0.303 e. The van der Waals surface area contributed by atoms with E-state index in [4.69, 9.17) is 5.11 Å².